The zero-order valence-corrected chi connectivity index (χ0v) is 11.5. The Morgan fingerprint density at radius 1 is 1.50 bits per heavy atom. The molecular weight excluding hydrogens is 260 g/mol. The van der Waals surface area contributed by atoms with Crippen molar-refractivity contribution in [3.63, 3.8) is 0 Å². The fourth-order valence-corrected chi connectivity index (χ4v) is 1.90. The van der Waals surface area contributed by atoms with Crippen LogP contribution in [0.25, 0.3) is 0 Å². The molecule has 0 saturated heterocycles. The lowest BCUT2D eigenvalue weighted by Crippen LogP contribution is -2.41. The van der Waals surface area contributed by atoms with E-state index < -0.39 is 0 Å². The van der Waals surface area contributed by atoms with Crippen LogP contribution in [0, 0.1) is 5.92 Å². The number of amides is 2. The minimum atomic E-state index is -0.302. The van der Waals surface area contributed by atoms with Gasteiger partial charge in [-0.05, 0) is 24.1 Å². The van der Waals surface area contributed by atoms with Crippen molar-refractivity contribution in [3.8, 4) is 5.75 Å². The quantitative estimate of drug-likeness (QED) is 0.759. The van der Waals surface area contributed by atoms with Gasteiger partial charge in [0.2, 0.25) is 0 Å². The van der Waals surface area contributed by atoms with E-state index in [9.17, 15) is 14.7 Å². The third kappa shape index (κ3) is 3.08. The van der Waals surface area contributed by atoms with Crippen LogP contribution >= 0.6 is 0 Å². The normalized spacial score (nSPS) is 15.1. The van der Waals surface area contributed by atoms with Gasteiger partial charge in [0.05, 0.1) is 18.3 Å². The SMILES string of the molecule is CC(C)C(CO)NC(=O)c1ccc2c(c1)NC(=O)CO2. The van der Waals surface area contributed by atoms with Crippen molar-refractivity contribution in [2.45, 2.75) is 19.9 Å². The number of carbonyl (C=O) groups excluding carboxylic acids is 2. The summed E-state index contributed by atoms with van der Waals surface area (Å²) >= 11 is 0. The van der Waals surface area contributed by atoms with Crippen LogP contribution < -0.4 is 15.4 Å². The highest BCUT2D eigenvalue weighted by Gasteiger charge is 2.20. The minimum absolute atomic E-state index is 0.0154. The lowest BCUT2D eigenvalue weighted by atomic mass is 10.0. The van der Waals surface area contributed by atoms with Gasteiger partial charge in [0.25, 0.3) is 11.8 Å². The molecule has 108 valence electrons. The minimum Gasteiger partial charge on any atom is -0.482 e. The zero-order valence-electron chi connectivity index (χ0n) is 11.5. The van der Waals surface area contributed by atoms with Crippen LogP contribution in [0.15, 0.2) is 18.2 Å². The molecule has 1 aliphatic heterocycles. The molecule has 0 aromatic heterocycles. The van der Waals surface area contributed by atoms with E-state index in [4.69, 9.17) is 4.74 Å². The molecule has 1 atom stereocenters. The van der Waals surface area contributed by atoms with Gasteiger partial charge in [0.1, 0.15) is 5.75 Å². The van der Waals surface area contributed by atoms with Crippen molar-refractivity contribution in [1.82, 2.24) is 5.32 Å². The molecule has 0 saturated carbocycles. The fourth-order valence-electron chi connectivity index (χ4n) is 1.90. The Bertz CT molecular complexity index is 528. The van der Waals surface area contributed by atoms with Crippen LogP contribution in [0.5, 0.6) is 5.75 Å². The second-order valence-electron chi connectivity index (χ2n) is 5.05. The molecule has 1 aliphatic rings. The Hall–Kier alpha value is -2.08. The lowest BCUT2D eigenvalue weighted by molar-refractivity contribution is -0.118. The lowest BCUT2D eigenvalue weighted by Gasteiger charge is -2.21. The molecule has 1 heterocycles. The highest BCUT2D eigenvalue weighted by molar-refractivity contribution is 5.99. The molecule has 1 aromatic rings. The summed E-state index contributed by atoms with van der Waals surface area (Å²) < 4.78 is 5.23. The third-order valence-corrected chi connectivity index (χ3v) is 3.19. The van der Waals surface area contributed by atoms with Crippen molar-refractivity contribution >= 4 is 17.5 Å². The number of benzene rings is 1. The van der Waals surface area contributed by atoms with Gasteiger partial charge in [0, 0.05) is 5.56 Å². The molecular formula is C14H18N2O4. The van der Waals surface area contributed by atoms with E-state index in [1.54, 1.807) is 18.2 Å². The second-order valence-corrected chi connectivity index (χ2v) is 5.05. The first kappa shape index (κ1) is 14.3. The van der Waals surface area contributed by atoms with Gasteiger partial charge in [-0.3, -0.25) is 9.59 Å². The predicted octanol–water partition coefficient (Wildman–Crippen LogP) is 0.764. The molecule has 2 amide bonds. The fraction of sp³-hybridized carbons (Fsp3) is 0.429. The van der Waals surface area contributed by atoms with Crippen LogP contribution in [-0.4, -0.2) is 36.2 Å². The number of anilines is 1. The van der Waals surface area contributed by atoms with Crippen molar-refractivity contribution in [1.29, 1.82) is 0 Å². The Kier molecular flexibility index (Phi) is 4.24. The van der Waals surface area contributed by atoms with Gasteiger partial charge in [-0.15, -0.1) is 0 Å². The summed E-state index contributed by atoms with van der Waals surface area (Å²) in [4.78, 5) is 23.4. The number of ether oxygens (including phenoxy) is 1. The Labute approximate surface area is 117 Å². The van der Waals surface area contributed by atoms with Crippen LogP contribution in [0.3, 0.4) is 0 Å². The summed E-state index contributed by atoms with van der Waals surface area (Å²) in [6.45, 7) is 3.71. The first-order valence-electron chi connectivity index (χ1n) is 6.49. The van der Waals surface area contributed by atoms with Gasteiger partial charge in [-0.25, -0.2) is 0 Å². The molecule has 6 heteroatoms. The van der Waals surface area contributed by atoms with Crippen molar-refractivity contribution in [2.24, 2.45) is 5.92 Å². The maximum atomic E-state index is 12.1. The van der Waals surface area contributed by atoms with E-state index in [2.05, 4.69) is 10.6 Å². The average molecular weight is 278 g/mol. The molecule has 20 heavy (non-hydrogen) atoms. The molecule has 6 nitrogen and oxygen atoms in total. The number of rotatable bonds is 4. The topological polar surface area (TPSA) is 87.7 Å². The molecule has 2 rings (SSSR count). The monoisotopic (exact) mass is 278 g/mol. The molecule has 3 N–H and O–H groups in total. The van der Waals surface area contributed by atoms with E-state index in [1.165, 1.54) is 0 Å². The summed E-state index contributed by atoms with van der Waals surface area (Å²) in [5, 5.41) is 14.6. The smallest absolute Gasteiger partial charge is 0.262 e. The van der Waals surface area contributed by atoms with E-state index in [-0.39, 0.29) is 37.0 Å². The Morgan fingerprint density at radius 3 is 2.90 bits per heavy atom. The summed E-state index contributed by atoms with van der Waals surface area (Å²) in [7, 11) is 0. The van der Waals surface area contributed by atoms with Gasteiger partial charge < -0.3 is 20.5 Å². The number of nitrogens with one attached hydrogen (secondary N) is 2. The van der Waals surface area contributed by atoms with Crippen LogP contribution in [0.2, 0.25) is 0 Å². The number of aliphatic hydroxyl groups is 1. The molecule has 0 radical (unpaired) electrons. The largest absolute Gasteiger partial charge is 0.482 e. The van der Waals surface area contributed by atoms with E-state index in [0.717, 1.165) is 0 Å². The van der Waals surface area contributed by atoms with E-state index in [1.807, 2.05) is 13.8 Å². The average Bonchev–Trinajstić information content (AvgIpc) is 2.43. The summed E-state index contributed by atoms with van der Waals surface area (Å²) in [5.41, 5.74) is 0.896. The Morgan fingerprint density at radius 2 is 2.25 bits per heavy atom. The Balaban J connectivity index is 2.15. The third-order valence-electron chi connectivity index (χ3n) is 3.19. The molecule has 1 aromatic carbocycles. The summed E-state index contributed by atoms with van der Waals surface area (Å²) in [6, 6.07) is 4.54. The van der Waals surface area contributed by atoms with Gasteiger partial charge in [-0.1, -0.05) is 13.8 Å². The van der Waals surface area contributed by atoms with Crippen LogP contribution in [0.4, 0.5) is 5.69 Å². The number of hydrogen-bond donors (Lipinski definition) is 3. The summed E-state index contributed by atoms with van der Waals surface area (Å²) in [5.74, 6) is 0.138. The number of aliphatic hydroxyl groups excluding tert-OH is 1. The number of carbonyl (C=O) groups is 2. The standard InChI is InChI=1S/C14H18N2O4/c1-8(2)11(6-17)16-14(19)9-3-4-12-10(5-9)15-13(18)7-20-12/h3-5,8,11,17H,6-7H2,1-2H3,(H,15,18)(H,16,19). The van der Waals surface area contributed by atoms with Gasteiger partial charge in [-0.2, -0.15) is 0 Å². The first-order chi connectivity index (χ1) is 9.51. The van der Waals surface area contributed by atoms with E-state index >= 15 is 0 Å². The molecule has 0 bridgehead atoms. The maximum absolute atomic E-state index is 12.1. The number of hydrogen-bond acceptors (Lipinski definition) is 4. The summed E-state index contributed by atoms with van der Waals surface area (Å²) in [6.07, 6.45) is 0. The van der Waals surface area contributed by atoms with Crippen molar-refractivity contribution in [2.75, 3.05) is 18.5 Å². The predicted molar refractivity (Wildman–Crippen MR) is 73.7 cm³/mol. The van der Waals surface area contributed by atoms with Gasteiger partial charge in [0.15, 0.2) is 6.61 Å². The van der Waals surface area contributed by atoms with Crippen molar-refractivity contribution < 1.29 is 19.4 Å². The van der Waals surface area contributed by atoms with Crippen molar-refractivity contribution in [3.05, 3.63) is 23.8 Å². The highest BCUT2D eigenvalue weighted by Crippen LogP contribution is 2.28. The maximum Gasteiger partial charge on any atom is 0.262 e. The van der Waals surface area contributed by atoms with Crippen LogP contribution in [0.1, 0.15) is 24.2 Å². The molecule has 0 spiro atoms. The highest BCUT2D eigenvalue weighted by atomic mass is 16.5. The van der Waals surface area contributed by atoms with E-state index in [0.29, 0.717) is 17.0 Å². The van der Waals surface area contributed by atoms with Crippen LogP contribution in [-0.2, 0) is 4.79 Å². The molecule has 0 fully saturated rings. The molecule has 0 aliphatic carbocycles. The number of fused-ring (bicyclic) bond motifs is 1. The zero-order chi connectivity index (χ0) is 14.7. The first-order valence-corrected chi connectivity index (χ1v) is 6.49. The van der Waals surface area contributed by atoms with Gasteiger partial charge >= 0.3 is 0 Å². The molecule has 1 unspecified atom stereocenters. The second kappa shape index (κ2) is 5.92.